The zero-order valence-electron chi connectivity index (χ0n) is 10.3. The predicted octanol–water partition coefficient (Wildman–Crippen LogP) is 0.394. The predicted molar refractivity (Wildman–Crippen MR) is 67.4 cm³/mol. The number of aryl methyl sites for hydroxylation is 1. The minimum Gasteiger partial charge on any atom is -0.366 e. The lowest BCUT2D eigenvalue weighted by Gasteiger charge is -2.07. The molecule has 1 amide bonds. The maximum absolute atomic E-state index is 11.0. The fraction of sp³-hybridized carbons (Fsp3) is 0.250. The summed E-state index contributed by atoms with van der Waals surface area (Å²) < 4.78 is 1.55. The summed E-state index contributed by atoms with van der Waals surface area (Å²) in [7, 11) is 1.88. The van der Waals surface area contributed by atoms with Gasteiger partial charge >= 0.3 is 0 Å². The monoisotopic (exact) mass is 245 g/mol. The molecule has 3 N–H and O–H groups in total. The first-order valence-corrected chi connectivity index (χ1v) is 5.57. The average Bonchev–Trinajstić information content (AvgIpc) is 2.79. The molecule has 0 aliphatic rings. The third kappa shape index (κ3) is 2.38. The van der Waals surface area contributed by atoms with Crippen LogP contribution in [0.5, 0.6) is 0 Å². The van der Waals surface area contributed by atoms with Gasteiger partial charge in [0.25, 0.3) is 5.91 Å². The Labute approximate surface area is 105 Å². The second kappa shape index (κ2) is 4.97. The van der Waals surface area contributed by atoms with Crippen LogP contribution in [0.1, 0.15) is 21.5 Å². The van der Waals surface area contributed by atoms with Crippen LogP contribution in [0.4, 0.5) is 0 Å². The molecule has 94 valence electrons. The first-order chi connectivity index (χ1) is 8.61. The molecule has 2 aromatic heterocycles. The molecule has 18 heavy (non-hydrogen) atoms. The van der Waals surface area contributed by atoms with Crippen LogP contribution in [0.15, 0.2) is 24.7 Å². The van der Waals surface area contributed by atoms with Crippen LogP contribution in [0.2, 0.25) is 0 Å². The first kappa shape index (κ1) is 12.3. The number of hydrogen-bond acceptors (Lipinski definition) is 4. The second-order valence-electron chi connectivity index (χ2n) is 4.05. The summed E-state index contributed by atoms with van der Waals surface area (Å²) in [6.07, 6.45) is 4.80. The van der Waals surface area contributed by atoms with Crippen molar-refractivity contribution in [2.24, 2.45) is 5.73 Å². The number of nitrogens with two attached hydrogens (primary N) is 1. The minimum atomic E-state index is -0.495. The molecule has 0 radical (unpaired) electrons. The van der Waals surface area contributed by atoms with Crippen molar-refractivity contribution in [1.29, 1.82) is 0 Å². The van der Waals surface area contributed by atoms with E-state index in [4.69, 9.17) is 5.73 Å². The van der Waals surface area contributed by atoms with E-state index in [9.17, 15) is 4.79 Å². The maximum atomic E-state index is 11.0. The third-order valence-corrected chi connectivity index (χ3v) is 2.57. The Morgan fingerprint density at radius 1 is 1.50 bits per heavy atom. The molecular weight excluding hydrogens is 230 g/mol. The van der Waals surface area contributed by atoms with Crippen molar-refractivity contribution in [2.75, 3.05) is 7.05 Å². The molecule has 6 nitrogen and oxygen atoms in total. The first-order valence-electron chi connectivity index (χ1n) is 5.57. The highest BCUT2D eigenvalue weighted by Gasteiger charge is 2.08. The van der Waals surface area contributed by atoms with E-state index in [-0.39, 0.29) is 0 Å². The van der Waals surface area contributed by atoms with Crippen molar-refractivity contribution < 1.29 is 4.79 Å². The Hall–Kier alpha value is -2.21. The van der Waals surface area contributed by atoms with Crippen LogP contribution >= 0.6 is 0 Å². The molecule has 0 atom stereocenters. The van der Waals surface area contributed by atoms with Crippen LogP contribution in [0.3, 0.4) is 0 Å². The van der Waals surface area contributed by atoms with E-state index < -0.39 is 5.91 Å². The van der Waals surface area contributed by atoms with Crippen molar-refractivity contribution >= 4 is 5.91 Å². The molecule has 0 bridgehead atoms. The van der Waals surface area contributed by atoms with Crippen LogP contribution in [-0.4, -0.2) is 27.7 Å². The van der Waals surface area contributed by atoms with Gasteiger partial charge in [0.2, 0.25) is 0 Å². The lowest BCUT2D eigenvalue weighted by molar-refractivity contribution is 0.100. The highest BCUT2D eigenvalue weighted by Crippen LogP contribution is 2.12. The Morgan fingerprint density at radius 3 is 2.83 bits per heavy atom. The van der Waals surface area contributed by atoms with Gasteiger partial charge in [-0.05, 0) is 31.2 Å². The van der Waals surface area contributed by atoms with Crippen molar-refractivity contribution in [2.45, 2.75) is 13.5 Å². The average molecular weight is 245 g/mol. The standard InChI is InChI=1S/C12H15N5O/c1-8-3-9(4-14-2)5-15-12(8)17-7-10(6-16-17)11(13)18/h3,5-7,14H,4H2,1-2H3,(H2,13,18). The number of pyridine rings is 1. The molecule has 0 saturated heterocycles. The molecule has 0 fully saturated rings. The number of amides is 1. The summed E-state index contributed by atoms with van der Waals surface area (Å²) in [4.78, 5) is 15.4. The number of nitrogens with one attached hydrogen (secondary N) is 1. The van der Waals surface area contributed by atoms with Gasteiger partial charge in [-0.2, -0.15) is 5.10 Å². The molecule has 0 aromatic carbocycles. The molecule has 0 aliphatic heterocycles. The van der Waals surface area contributed by atoms with Crippen LogP contribution in [0, 0.1) is 6.92 Å². The normalized spacial score (nSPS) is 10.6. The summed E-state index contributed by atoms with van der Waals surface area (Å²) in [5, 5.41) is 7.15. The highest BCUT2D eigenvalue weighted by molar-refractivity contribution is 5.92. The summed E-state index contributed by atoms with van der Waals surface area (Å²) in [6.45, 7) is 2.72. The molecule has 6 heteroatoms. The largest absolute Gasteiger partial charge is 0.366 e. The SMILES string of the molecule is CNCc1cnc(-n2cc(C(N)=O)cn2)c(C)c1. The Morgan fingerprint density at radius 2 is 2.28 bits per heavy atom. The molecule has 0 aliphatic carbocycles. The van der Waals surface area contributed by atoms with Gasteiger partial charge in [-0.25, -0.2) is 9.67 Å². The third-order valence-electron chi connectivity index (χ3n) is 2.57. The zero-order chi connectivity index (χ0) is 13.1. The number of carbonyl (C=O) groups is 1. The summed E-state index contributed by atoms with van der Waals surface area (Å²) >= 11 is 0. The van der Waals surface area contributed by atoms with Gasteiger partial charge in [-0.1, -0.05) is 0 Å². The molecule has 0 spiro atoms. The van der Waals surface area contributed by atoms with E-state index in [0.717, 1.165) is 17.7 Å². The van der Waals surface area contributed by atoms with Gasteiger partial charge in [0, 0.05) is 18.9 Å². The smallest absolute Gasteiger partial charge is 0.251 e. The quantitative estimate of drug-likeness (QED) is 0.816. The van der Waals surface area contributed by atoms with Crippen molar-refractivity contribution in [3.63, 3.8) is 0 Å². The molecular formula is C12H15N5O. The number of aromatic nitrogens is 3. The summed E-state index contributed by atoms with van der Waals surface area (Å²) in [5.74, 6) is 0.202. The summed E-state index contributed by atoms with van der Waals surface area (Å²) in [6, 6.07) is 2.03. The van der Waals surface area contributed by atoms with Gasteiger partial charge in [0.05, 0.1) is 11.8 Å². The maximum Gasteiger partial charge on any atom is 0.251 e. The fourth-order valence-electron chi connectivity index (χ4n) is 1.73. The van der Waals surface area contributed by atoms with E-state index >= 15 is 0 Å². The van der Waals surface area contributed by atoms with Gasteiger partial charge < -0.3 is 11.1 Å². The lowest BCUT2D eigenvalue weighted by atomic mass is 10.2. The number of carbonyl (C=O) groups excluding carboxylic acids is 1. The molecule has 0 saturated carbocycles. The second-order valence-corrected chi connectivity index (χ2v) is 4.05. The fourth-order valence-corrected chi connectivity index (χ4v) is 1.73. The lowest BCUT2D eigenvalue weighted by Crippen LogP contribution is -2.10. The van der Waals surface area contributed by atoms with Gasteiger partial charge in [0.1, 0.15) is 0 Å². The number of rotatable bonds is 4. The Bertz CT molecular complexity index is 576. The molecule has 2 heterocycles. The Kier molecular flexibility index (Phi) is 3.38. The van der Waals surface area contributed by atoms with Crippen LogP contribution < -0.4 is 11.1 Å². The van der Waals surface area contributed by atoms with Gasteiger partial charge in [-0.3, -0.25) is 4.79 Å². The molecule has 2 rings (SSSR count). The number of primary amides is 1. The number of nitrogens with zero attached hydrogens (tertiary/aromatic N) is 3. The zero-order valence-corrected chi connectivity index (χ0v) is 10.3. The van der Waals surface area contributed by atoms with Gasteiger partial charge in [-0.15, -0.1) is 0 Å². The number of hydrogen-bond donors (Lipinski definition) is 2. The highest BCUT2D eigenvalue weighted by atomic mass is 16.1. The van der Waals surface area contributed by atoms with E-state index in [1.165, 1.54) is 6.20 Å². The van der Waals surface area contributed by atoms with Crippen LogP contribution in [-0.2, 0) is 6.54 Å². The van der Waals surface area contributed by atoms with Crippen LogP contribution in [0.25, 0.3) is 5.82 Å². The van der Waals surface area contributed by atoms with Crippen molar-refractivity contribution in [3.8, 4) is 5.82 Å². The van der Waals surface area contributed by atoms with Gasteiger partial charge in [0.15, 0.2) is 5.82 Å². The van der Waals surface area contributed by atoms with E-state index in [2.05, 4.69) is 15.4 Å². The molecule has 0 unspecified atom stereocenters. The molecule has 2 aromatic rings. The van der Waals surface area contributed by atoms with E-state index in [0.29, 0.717) is 11.4 Å². The van der Waals surface area contributed by atoms with E-state index in [1.54, 1.807) is 17.1 Å². The topological polar surface area (TPSA) is 85.8 Å². The van der Waals surface area contributed by atoms with E-state index in [1.807, 2.05) is 20.0 Å². The Balaban J connectivity index is 2.35. The summed E-state index contributed by atoms with van der Waals surface area (Å²) in [5.41, 5.74) is 7.64. The minimum absolute atomic E-state index is 0.371. The van der Waals surface area contributed by atoms with Crippen molar-refractivity contribution in [1.82, 2.24) is 20.1 Å². The van der Waals surface area contributed by atoms with Crippen molar-refractivity contribution in [3.05, 3.63) is 41.3 Å².